The molecule has 1 saturated carbocycles. The molecule has 3 amide bonds. The Morgan fingerprint density at radius 3 is 2.27 bits per heavy atom. The first-order valence-corrected chi connectivity index (χ1v) is 9.10. The predicted molar refractivity (Wildman–Crippen MR) is 96.5 cm³/mol. The van der Waals surface area contributed by atoms with E-state index in [9.17, 15) is 14.4 Å². The Morgan fingerprint density at radius 1 is 1.23 bits per heavy atom. The molecule has 0 bridgehead atoms. The molecule has 2 aliphatic rings. The summed E-state index contributed by atoms with van der Waals surface area (Å²) in [6, 6.07) is 0.0723. The summed E-state index contributed by atoms with van der Waals surface area (Å²) < 4.78 is 0. The van der Waals surface area contributed by atoms with Crippen molar-refractivity contribution in [3.05, 3.63) is 0 Å². The molecule has 2 rings (SSSR count). The van der Waals surface area contributed by atoms with Crippen molar-refractivity contribution in [1.82, 2.24) is 15.5 Å². The molecule has 0 aromatic carbocycles. The summed E-state index contributed by atoms with van der Waals surface area (Å²) in [7, 11) is 0. The second-order valence-electron chi connectivity index (χ2n) is 9.25. The molecular weight excluding hydrogens is 332 g/mol. The van der Waals surface area contributed by atoms with Gasteiger partial charge < -0.3 is 15.5 Å². The fraction of sp³-hybridized carbons (Fsp3) is 0.789. The number of nitriles is 1. The second-order valence-corrected chi connectivity index (χ2v) is 9.25. The number of piperidine rings is 1. The van der Waals surface area contributed by atoms with Gasteiger partial charge in [0.15, 0.2) is 0 Å². The van der Waals surface area contributed by atoms with Crippen LogP contribution in [0.2, 0.25) is 0 Å². The number of fused-ring (bicyclic) bond motifs is 1. The van der Waals surface area contributed by atoms with Gasteiger partial charge in [-0.25, -0.2) is 0 Å². The maximum Gasteiger partial charge on any atom is 0.246 e. The molecule has 2 fully saturated rings. The summed E-state index contributed by atoms with van der Waals surface area (Å²) in [5, 5.41) is 14.4. The standard InChI is InChI=1S/C19H30N4O3/c1-10(8-20)21-16(25)14-13-12(19(13,6)7)9-23(14)17(26)15(18(3,4)5)22-11(2)24/h10,12-15H,9H2,1-7H3,(H,21,25)(H,22,24)/t10-,12-,13-,14-,15+/m0/s1. The van der Waals surface area contributed by atoms with Gasteiger partial charge >= 0.3 is 0 Å². The third kappa shape index (κ3) is 3.55. The van der Waals surface area contributed by atoms with E-state index in [0.29, 0.717) is 6.54 Å². The highest BCUT2D eigenvalue weighted by Gasteiger charge is 2.69. The number of hydrogen-bond acceptors (Lipinski definition) is 4. The topological polar surface area (TPSA) is 102 Å². The largest absolute Gasteiger partial charge is 0.344 e. The van der Waals surface area contributed by atoms with E-state index in [1.165, 1.54) is 6.92 Å². The first kappa shape index (κ1) is 20.2. The number of nitrogens with one attached hydrogen (secondary N) is 2. The highest BCUT2D eigenvalue weighted by atomic mass is 16.2. The van der Waals surface area contributed by atoms with Gasteiger partial charge in [-0.05, 0) is 29.6 Å². The second kappa shape index (κ2) is 6.57. The zero-order valence-corrected chi connectivity index (χ0v) is 16.7. The average Bonchev–Trinajstić information content (AvgIpc) is 2.86. The molecule has 0 unspecified atom stereocenters. The smallest absolute Gasteiger partial charge is 0.246 e. The molecule has 26 heavy (non-hydrogen) atoms. The Labute approximate surface area is 155 Å². The van der Waals surface area contributed by atoms with Crippen molar-refractivity contribution < 1.29 is 14.4 Å². The summed E-state index contributed by atoms with van der Waals surface area (Å²) in [6.07, 6.45) is 0. The average molecular weight is 362 g/mol. The van der Waals surface area contributed by atoms with E-state index in [2.05, 4.69) is 24.5 Å². The number of rotatable bonds is 4. The lowest BCUT2D eigenvalue weighted by Gasteiger charge is -2.37. The number of likely N-dealkylation sites (tertiary alicyclic amines) is 1. The van der Waals surface area contributed by atoms with Crippen LogP contribution < -0.4 is 10.6 Å². The van der Waals surface area contributed by atoms with E-state index in [0.717, 1.165) is 0 Å². The van der Waals surface area contributed by atoms with Gasteiger partial charge in [-0.1, -0.05) is 34.6 Å². The van der Waals surface area contributed by atoms with Gasteiger partial charge in [0.2, 0.25) is 17.7 Å². The number of hydrogen-bond donors (Lipinski definition) is 2. The van der Waals surface area contributed by atoms with Crippen LogP contribution in [0.15, 0.2) is 0 Å². The van der Waals surface area contributed by atoms with E-state index < -0.39 is 23.5 Å². The summed E-state index contributed by atoms with van der Waals surface area (Å²) in [5.41, 5.74) is -0.480. The van der Waals surface area contributed by atoms with Crippen LogP contribution >= 0.6 is 0 Å². The Hall–Kier alpha value is -2.10. The van der Waals surface area contributed by atoms with Crippen LogP contribution in [0.1, 0.15) is 48.5 Å². The zero-order valence-electron chi connectivity index (χ0n) is 16.7. The Morgan fingerprint density at radius 2 is 1.81 bits per heavy atom. The lowest BCUT2D eigenvalue weighted by atomic mass is 9.85. The predicted octanol–water partition coefficient (Wildman–Crippen LogP) is 1.05. The highest BCUT2D eigenvalue weighted by Crippen LogP contribution is 2.65. The minimum absolute atomic E-state index is 0.0000977. The van der Waals surface area contributed by atoms with Crippen molar-refractivity contribution >= 4 is 17.7 Å². The van der Waals surface area contributed by atoms with Crippen LogP contribution in [0.25, 0.3) is 0 Å². The molecular formula is C19H30N4O3. The monoisotopic (exact) mass is 362 g/mol. The van der Waals surface area contributed by atoms with E-state index in [4.69, 9.17) is 5.26 Å². The van der Waals surface area contributed by atoms with Gasteiger partial charge in [-0.15, -0.1) is 0 Å². The molecule has 0 aromatic rings. The van der Waals surface area contributed by atoms with Gasteiger partial charge in [0.25, 0.3) is 0 Å². The molecule has 5 atom stereocenters. The molecule has 0 radical (unpaired) electrons. The number of nitrogens with zero attached hydrogens (tertiary/aromatic N) is 2. The van der Waals surface area contributed by atoms with Gasteiger partial charge in [-0.3, -0.25) is 14.4 Å². The first-order valence-electron chi connectivity index (χ1n) is 9.10. The number of carbonyl (C=O) groups is 3. The third-order valence-electron chi connectivity index (χ3n) is 5.77. The quantitative estimate of drug-likeness (QED) is 0.780. The lowest BCUT2D eigenvalue weighted by molar-refractivity contribution is -0.145. The Kier molecular flexibility index (Phi) is 5.10. The third-order valence-corrected chi connectivity index (χ3v) is 5.77. The summed E-state index contributed by atoms with van der Waals surface area (Å²) >= 11 is 0. The van der Waals surface area contributed by atoms with E-state index >= 15 is 0 Å². The van der Waals surface area contributed by atoms with Crippen LogP contribution in [-0.4, -0.2) is 47.3 Å². The SMILES string of the molecule is CC(=O)N[C@H](C(=O)N1C[C@H]2[C@@H]([C@H]1C(=O)N[C@@H](C)C#N)C2(C)C)C(C)(C)C. The molecule has 1 heterocycles. The maximum atomic E-state index is 13.2. The van der Waals surface area contributed by atoms with Crippen LogP contribution in [-0.2, 0) is 14.4 Å². The van der Waals surface area contributed by atoms with Crippen molar-refractivity contribution in [2.45, 2.75) is 66.6 Å². The van der Waals surface area contributed by atoms with Crippen molar-refractivity contribution in [2.75, 3.05) is 6.54 Å². The molecule has 7 nitrogen and oxygen atoms in total. The van der Waals surface area contributed by atoms with E-state index in [1.807, 2.05) is 26.8 Å². The Bertz CT molecular complexity index is 659. The normalized spacial score (nSPS) is 28.4. The fourth-order valence-electron chi connectivity index (χ4n) is 4.16. The van der Waals surface area contributed by atoms with Crippen molar-refractivity contribution in [1.29, 1.82) is 5.26 Å². The van der Waals surface area contributed by atoms with Gasteiger partial charge in [0, 0.05) is 13.5 Å². The molecule has 0 aromatic heterocycles. The van der Waals surface area contributed by atoms with Gasteiger partial charge in [-0.2, -0.15) is 5.26 Å². The maximum absolute atomic E-state index is 13.2. The summed E-state index contributed by atoms with van der Waals surface area (Å²) in [5.74, 6) is -0.462. The molecule has 1 aliphatic carbocycles. The van der Waals surface area contributed by atoms with Gasteiger partial charge in [0.1, 0.15) is 18.1 Å². The van der Waals surface area contributed by atoms with Crippen LogP contribution in [0.5, 0.6) is 0 Å². The Balaban J connectivity index is 2.28. The summed E-state index contributed by atoms with van der Waals surface area (Å²) in [6.45, 7) is 13.4. The van der Waals surface area contributed by atoms with Crippen LogP contribution in [0, 0.1) is 34.0 Å². The minimum Gasteiger partial charge on any atom is -0.344 e. The van der Waals surface area contributed by atoms with E-state index in [1.54, 1.807) is 11.8 Å². The molecule has 144 valence electrons. The van der Waals surface area contributed by atoms with Crippen molar-refractivity contribution in [2.24, 2.45) is 22.7 Å². The highest BCUT2D eigenvalue weighted by molar-refractivity contribution is 5.93. The first-order chi connectivity index (χ1) is 11.8. The zero-order chi connectivity index (χ0) is 20.0. The minimum atomic E-state index is -0.704. The fourth-order valence-corrected chi connectivity index (χ4v) is 4.16. The van der Waals surface area contributed by atoms with Crippen LogP contribution in [0.3, 0.4) is 0 Å². The number of amides is 3. The van der Waals surface area contributed by atoms with Gasteiger partial charge in [0.05, 0.1) is 6.07 Å². The lowest BCUT2D eigenvalue weighted by Crippen LogP contribution is -2.59. The van der Waals surface area contributed by atoms with Crippen molar-refractivity contribution in [3.8, 4) is 6.07 Å². The molecule has 7 heteroatoms. The van der Waals surface area contributed by atoms with E-state index in [-0.39, 0.29) is 35.0 Å². The van der Waals surface area contributed by atoms with Crippen LogP contribution in [0.4, 0.5) is 0 Å². The molecule has 0 spiro atoms. The van der Waals surface area contributed by atoms with Crippen molar-refractivity contribution in [3.63, 3.8) is 0 Å². The molecule has 1 saturated heterocycles. The molecule has 1 aliphatic heterocycles. The number of carbonyl (C=O) groups excluding carboxylic acids is 3. The summed E-state index contributed by atoms with van der Waals surface area (Å²) in [4.78, 5) is 39.2. The molecule has 2 N–H and O–H groups in total.